The summed E-state index contributed by atoms with van der Waals surface area (Å²) in [4.78, 5) is 3.95. The van der Waals surface area contributed by atoms with Gasteiger partial charge in [0, 0.05) is 26.4 Å². The summed E-state index contributed by atoms with van der Waals surface area (Å²) in [6, 6.07) is 2.06. The SMILES string of the molecule is Fc1cc(F)c2c(Br)c(I)cnc2c1. The number of hydrogen-bond acceptors (Lipinski definition) is 1. The molecule has 72 valence electrons. The largest absolute Gasteiger partial charge is 0.255 e. The van der Waals surface area contributed by atoms with E-state index in [1.807, 2.05) is 22.6 Å². The van der Waals surface area contributed by atoms with E-state index in [0.717, 1.165) is 9.64 Å². The van der Waals surface area contributed by atoms with Gasteiger partial charge in [0.25, 0.3) is 0 Å². The molecule has 0 saturated carbocycles. The van der Waals surface area contributed by atoms with E-state index in [4.69, 9.17) is 0 Å². The van der Waals surface area contributed by atoms with Crippen molar-refractivity contribution < 1.29 is 8.78 Å². The summed E-state index contributed by atoms with van der Waals surface area (Å²) in [5.74, 6) is -1.21. The molecule has 1 nitrogen and oxygen atoms in total. The van der Waals surface area contributed by atoms with Crippen molar-refractivity contribution in [1.82, 2.24) is 4.98 Å². The van der Waals surface area contributed by atoms with Crippen LogP contribution in [-0.4, -0.2) is 4.98 Å². The smallest absolute Gasteiger partial charge is 0.136 e. The lowest BCUT2D eigenvalue weighted by Crippen LogP contribution is -1.89. The third-order valence-electron chi connectivity index (χ3n) is 1.78. The molecule has 2 aromatic rings. The standard InChI is InChI=1S/C9H3BrF2IN/c10-9-6(13)3-14-7-2-4(11)1-5(12)8(7)9/h1-3H. The van der Waals surface area contributed by atoms with Crippen LogP contribution in [0, 0.1) is 15.2 Å². The number of benzene rings is 1. The van der Waals surface area contributed by atoms with Crippen molar-refractivity contribution in [3.63, 3.8) is 0 Å². The predicted molar refractivity (Wildman–Crippen MR) is 62.1 cm³/mol. The maximum Gasteiger partial charge on any atom is 0.136 e. The number of pyridine rings is 1. The molecule has 0 radical (unpaired) electrons. The summed E-state index contributed by atoms with van der Waals surface area (Å²) < 4.78 is 27.6. The number of hydrogen-bond donors (Lipinski definition) is 0. The third kappa shape index (κ3) is 1.63. The molecule has 5 heteroatoms. The fourth-order valence-corrected chi connectivity index (χ4v) is 2.09. The van der Waals surface area contributed by atoms with E-state index in [1.165, 1.54) is 6.07 Å². The fourth-order valence-electron chi connectivity index (χ4n) is 1.18. The van der Waals surface area contributed by atoms with E-state index < -0.39 is 11.6 Å². The topological polar surface area (TPSA) is 12.9 Å². The van der Waals surface area contributed by atoms with Gasteiger partial charge in [0.2, 0.25) is 0 Å². The molecule has 0 atom stereocenters. The second-order valence-corrected chi connectivity index (χ2v) is 4.66. The summed E-state index contributed by atoms with van der Waals surface area (Å²) in [5, 5.41) is 0.318. The van der Waals surface area contributed by atoms with Crippen LogP contribution in [-0.2, 0) is 0 Å². The predicted octanol–water partition coefficient (Wildman–Crippen LogP) is 3.88. The van der Waals surface area contributed by atoms with E-state index >= 15 is 0 Å². The van der Waals surface area contributed by atoms with Crippen molar-refractivity contribution in [3.05, 3.63) is 38.0 Å². The summed E-state index contributed by atoms with van der Waals surface area (Å²) in [6.45, 7) is 0. The van der Waals surface area contributed by atoms with Crippen LogP contribution in [0.3, 0.4) is 0 Å². The maximum atomic E-state index is 13.4. The van der Waals surface area contributed by atoms with E-state index in [-0.39, 0.29) is 0 Å². The van der Waals surface area contributed by atoms with Crippen LogP contribution in [0.15, 0.2) is 22.8 Å². The molecule has 1 aromatic carbocycles. The highest BCUT2D eigenvalue weighted by molar-refractivity contribution is 14.1. The Morgan fingerprint density at radius 2 is 2.00 bits per heavy atom. The molecule has 14 heavy (non-hydrogen) atoms. The molecule has 0 aliphatic heterocycles. The van der Waals surface area contributed by atoms with Gasteiger partial charge in [0.1, 0.15) is 11.6 Å². The zero-order valence-electron chi connectivity index (χ0n) is 6.69. The Kier molecular flexibility index (Phi) is 2.70. The second-order valence-electron chi connectivity index (χ2n) is 2.70. The molecule has 0 aliphatic rings. The monoisotopic (exact) mass is 369 g/mol. The van der Waals surface area contributed by atoms with E-state index in [0.29, 0.717) is 15.4 Å². The minimum absolute atomic E-state index is 0.315. The number of halogens is 4. The molecule has 0 spiro atoms. The average molecular weight is 370 g/mol. The van der Waals surface area contributed by atoms with Crippen molar-refractivity contribution >= 4 is 49.4 Å². The van der Waals surface area contributed by atoms with Crippen LogP contribution >= 0.6 is 38.5 Å². The van der Waals surface area contributed by atoms with Crippen LogP contribution in [0.5, 0.6) is 0 Å². The second kappa shape index (κ2) is 3.69. The summed E-state index contributed by atoms with van der Waals surface area (Å²) in [5.41, 5.74) is 0.315. The molecular formula is C9H3BrF2IN. The Balaban J connectivity index is 2.95. The number of fused-ring (bicyclic) bond motifs is 1. The molecule has 1 heterocycles. The van der Waals surface area contributed by atoms with E-state index in [2.05, 4.69) is 20.9 Å². The van der Waals surface area contributed by atoms with Gasteiger partial charge in [-0.2, -0.15) is 0 Å². The molecule has 0 aliphatic carbocycles. The number of nitrogens with zero attached hydrogens (tertiary/aromatic N) is 1. The zero-order valence-corrected chi connectivity index (χ0v) is 10.4. The van der Waals surface area contributed by atoms with Gasteiger partial charge in [-0.05, 0) is 38.5 Å². The van der Waals surface area contributed by atoms with Gasteiger partial charge < -0.3 is 0 Å². The van der Waals surface area contributed by atoms with E-state index in [9.17, 15) is 8.78 Å². The summed E-state index contributed by atoms with van der Waals surface area (Å²) in [6.07, 6.45) is 1.56. The molecular weight excluding hydrogens is 367 g/mol. The van der Waals surface area contributed by atoms with Crippen LogP contribution < -0.4 is 0 Å². The van der Waals surface area contributed by atoms with Gasteiger partial charge in [-0.3, -0.25) is 4.98 Å². The zero-order chi connectivity index (χ0) is 10.3. The van der Waals surface area contributed by atoms with Crippen LogP contribution in [0.2, 0.25) is 0 Å². The van der Waals surface area contributed by atoms with Gasteiger partial charge in [-0.15, -0.1) is 0 Å². The average Bonchev–Trinajstić information content (AvgIpc) is 2.10. The lowest BCUT2D eigenvalue weighted by atomic mass is 10.2. The normalized spacial score (nSPS) is 10.9. The highest BCUT2D eigenvalue weighted by Gasteiger charge is 2.10. The Morgan fingerprint density at radius 1 is 1.29 bits per heavy atom. The maximum absolute atomic E-state index is 13.4. The third-order valence-corrected chi connectivity index (χ3v) is 4.16. The fraction of sp³-hybridized carbons (Fsp3) is 0. The first-order chi connectivity index (χ1) is 6.59. The van der Waals surface area contributed by atoms with Crippen molar-refractivity contribution in [2.75, 3.05) is 0 Å². The highest BCUT2D eigenvalue weighted by Crippen LogP contribution is 2.29. The lowest BCUT2D eigenvalue weighted by Gasteiger charge is -2.03. The van der Waals surface area contributed by atoms with Gasteiger partial charge in [-0.25, -0.2) is 8.78 Å². The van der Waals surface area contributed by atoms with Crippen LogP contribution in [0.25, 0.3) is 10.9 Å². The Morgan fingerprint density at radius 3 is 2.71 bits per heavy atom. The molecule has 0 N–H and O–H groups in total. The Labute approximate surface area is 101 Å². The minimum Gasteiger partial charge on any atom is -0.255 e. The Hall–Kier alpha value is -0.300. The molecule has 0 fully saturated rings. The first-order valence-corrected chi connectivity index (χ1v) is 5.55. The molecule has 0 saturated heterocycles. The molecule has 1 aromatic heterocycles. The quantitative estimate of drug-likeness (QED) is 0.642. The van der Waals surface area contributed by atoms with Gasteiger partial charge in [0.15, 0.2) is 0 Å². The van der Waals surface area contributed by atoms with Gasteiger partial charge in [0.05, 0.1) is 10.9 Å². The summed E-state index contributed by atoms with van der Waals surface area (Å²) in [7, 11) is 0. The van der Waals surface area contributed by atoms with Crippen molar-refractivity contribution in [1.29, 1.82) is 0 Å². The summed E-state index contributed by atoms with van der Waals surface area (Å²) >= 11 is 5.27. The van der Waals surface area contributed by atoms with Gasteiger partial charge in [-0.1, -0.05) is 0 Å². The Bertz CT molecular complexity index is 516. The van der Waals surface area contributed by atoms with Crippen molar-refractivity contribution in [3.8, 4) is 0 Å². The van der Waals surface area contributed by atoms with Crippen molar-refractivity contribution in [2.45, 2.75) is 0 Å². The van der Waals surface area contributed by atoms with E-state index in [1.54, 1.807) is 6.20 Å². The van der Waals surface area contributed by atoms with Crippen LogP contribution in [0.4, 0.5) is 8.78 Å². The molecule has 2 rings (SSSR count). The van der Waals surface area contributed by atoms with Crippen molar-refractivity contribution in [2.24, 2.45) is 0 Å². The minimum atomic E-state index is -0.615. The van der Waals surface area contributed by atoms with Crippen LogP contribution in [0.1, 0.15) is 0 Å². The first kappa shape index (κ1) is 10.2. The van der Waals surface area contributed by atoms with Gasteiger partial charge >= 0.3 is 0 Å². The first-order valence-electron chi connectivity index (χ1n) is 3.68. The number of aromatic nitrogens is 1. The highest BCUT2D eigenvalue weighted by atomic mass is 127. The molecule has 0 bridgehead atoms. The number of rotatable bonds is 0. The molecule has 0 amide bonds. The lowest BCUT2D eigenvalue weighted by molar-refractivity contribution is 0.591. The molecule has 0 unspecified atom stereocenters.